The van der Waals surface area contributed by atoms with E-state index in [1.165, 1.54) is 6.42 Å². The van der Waals surface area contributed by atoms with E-state index in [1.807, 2.05) is 0 Å². The first-order chi connectivity index (χ1) is 4.79. The number of piperidine rings is 1. The molecule has 1 rings (SSSR count). The molecule has 0 radical (unpaired) electrons. The molecule has 58 valence electrons. The summed E-state index contributed by atoms with van der Waals surface area (Å²) in [6, 6.07) is 0.359. The van der Waals surface area contributed by atoms with Crippen molar-refractivity contribution in [1.29, 1.82) is 0 Å². The molecule has 0 saturated carbocycles. The Morgan fingerprint density at radius 1 is 1.70 bits per heavy atom. The molecule has 1 heterocycles. The maximum absolute atomic E-state index is 10.6. The molecular formula is C6H11IN2O. The quantitative estimate of drug-likeness (QED) is 0.414. The van der Waals surface area contributed by atoms with Gasteiger partial charge in [-0.15, -0.1) is 0 Å². The van der Waals surface area contributed by atoms with Crippen LogP contribution in [0.1, 0.15) is 12.8 Å². The first kappa shape index (κ1) is 8.26. The number of halogens is 1. The fourth-order valence-electron chi connectivity index (χ4n) is 1.14. The zero-order chi connectivity index (χ0) is 7.40. The smallest absolute Gasteiger partial charge is 0.280 e. The molecule has 10 heavy (non-hydrogen) atoms. The van der Waals surface area contributed by atoms with E-state index in [-0.39, 0.29) is 3.91 Å². The fourth-order valence-corrected chi connectivity index (χ4v) is 1.58. The number of hydrogen-bond donors (Lipinski definition) is 2. The molecular weight excluding hydrogens is 243 g/mol. The van der Waals surface area contributed by atoms with Gasteiger partial charge in [-0.05, 0) is 19.4 Å². The van der Waals surface area contributed by atoms with E-state index in [4.69, 9.17) is 0 Å². The van der Waals surface area contributed by atoms with Crippen molar-refractivity contribution in [1.82, 2.24) is 10.6 Å². The largest absolute Gasteiger partial charge is 0.343 e. The normalized spacial score (nSPS) is 25.9. The number of carbonyl (C=O) groups excluding carboxylic acids is 1. The Morgan fingerprint density at radius 3 is 3.00 bits per heavy atom. The van der Waals surface area contributed by atoms with E-state index < -0.39 is 0 Å². The molecule has 1 atom stereocenters. The summed E-state index contributed by atoms with van der Waals surface area (Å²) in [5.41, 5.74) is 0. The molecule has 0 aromatic heterocycles. The molecule has 4 heteroatoms. The second-order valence-corrected chi connectivity index (χ2v) is 3.44. The monoisotopic (exact) mass is 254 g/mol. The Balaban J connectivity index is 2.19. The van der Waals surface area contributed by atoms with Crippen molar-refractivity contribution in [3.63, 3.8) is 0 Å². The molecule has 2 N–H and O–H groups in total. The highest BCUT2D eigenvalue weighted by atomic mass is 127. The second kappa shape index (κ2) is 4.12. The minimum Gasteiger partial charge on any atom is -0.343 e. The molecule has 1 fully saturated rings. The molecule has 1 aliphatic heterocycles. The summed E-state index contributed by atoms with van der Waals surface area (Å²) in [6.07, 6.45) is 2.28. The van der Waals surface area contributed by atoms with Crippen LogP contribution in [0.15, 0.2) is 0 Å². The summed E-state index contributed by atoms with van der Waals surface area (Å²) in [6.45, 7) is 2.02. The number of carbonyl (C=O) groups is 1. The van der Waals surface area contributed by atoms with Crippen molar-refractivity contribution in [2.45, 2.75) is 18.9 Å². The number of amides is 1. The molecule has 1 amide bonds. The van der Waals surface area contributed by atoms with Crippen LogP contribution in [0.2, 0.25) is 0 Å². The van der Waals surface area contributed by atoms with Gasteiger partial charge in [0.05, 0.1) is 0 Å². The van der Waals surface area contributed by atoms with E-state index in [0.717, 1.165) is 19.5 Å². The van der Waals surface area contributed by atoms with Crippen molar-refractivity contribution in [2.75, 3.05) is 13.1 Å². The van der Waals surface area contributed by atoms with Gasteiger partial charge in [0.15, 0.2) is 0 Å². The fraction of sp³-hybridized carbons (Fsp3) is 0.833. The van der Waals surface area contributed by atoms with Crippen LogP contribution in [0, 0.1) is 0 Å². The maximum atomic E-state index is 10.6. The van der Waals surface area contributed by atoms with E-state index in [1.54, 1.807) is 22.6 Å². The van der Waals surface area contributed by atoms with Crippen LogP contribution in [0.4, 0.5) is 4.79 Å². The van der Waals surface area contributed by atoms with Gasteiger partial charge in [-0.3, -0.25) is 4.79 Å². The van der Waals surface area contributed by atoms with Crippen LogP contribution in [0.25, 0.3) is 0 Å². The van der Waals surface area contributed by atoms with Gasteiger partial charge in [0.2, 0.25) is 0 Å². The second-order valence-electron chi connectivity index (χ2n) is 2.46. The first-order valence-corrected chi connectivity index (χ1v) is 4.53. The Morgan fingerprint density at radius 2 is 2.50 bits per heavy atom. The summed E-state index contributed by atoms with van der Waals surface area (Å²) in [7, 11) is 0. The molecule has 1 saturated heterocycles. The van der Waals surface area contributed by atoms with Gasteiger partial charge in [0, 0.05) is 35.2 Å². The van der Waals surface area contributed by atoms with E-state index in [9.17, 15) is 4.79 Å². The predicted molar refractivity (Wildman–Crippen MR) is 48.4 cm³/mol. The summed E-state index contributed by atoms with van der Waals surface area (Å²) in [5, 5.41) is 6.09. The summed E-state index contributed by atoms with van der Waals surface area (Å²) in [5.74, 6) is 0. The molecule has 0 bridgehead atoms. The average molecular weight is 254 g/mol. The van der Waals surface area contributed by atoms with E-state index >= 15 is 0 Å². The lowest BCUT2D eigenvalue weighted by molar-refractivity contribution is 0.256. The van der Waals surface area contributed by atoms with Gasteiger partial charge < -0.3 is 10.6 Å². The average Bonchev–Trinajstić information content (AvgIpc) is 1.88. The molecule has 0 spiro atoms. The van der Waals surface area contributed by atoms with Crippen LogP contribution in [0.5, 0.6) is 0 Å². The highest BCUT2D eigenvalue weighted by molar-refractivity contribution is 14.1. The van der Waals surface area contributed by atoms with Gasteiger partial charge in [-0.25, -0.2) is 0 Å². The van der Waals surface area contributed by atoms with Gasteiger partial charge >= 0.3 is 0 Å². The maximum Gasteiger partial charge on any atom is 0.280 e. The lowest BCUT2D eigenvalue weighted by atomic mass is 10.1. The van der Waals surface area contributed by atoms with Crippen molar-refractivity contribution in [2.24, 2.45) is 0 Å². The number of rotatable bonds is 1. The number of hydrogen-bond acceptors (Lipinski definition) is 2. The third-order valence-corrected chi connectivity index (χ3v) is 1.93. The highest BCUT2D eigenvalue weighted by Crippen LogP contribution is 2.01. The van der Waals surface area contributed by atoms with Crippen molar-refractivity contribution in [3.05, 3.63) is 0 Å². The zero-order valence-electron chi connectivity index (χ0n) is 5.69. The van der Waals surface area contributed by atoms with E-state index in [0.29, 0.717) is 6.04 Å². The van der Waals surface area contributed by atoms with E-state index in [2.05, 4.69) is 10.6 Å². The molecule has 0 aromatic rings. The lowest BCUT2D eigenvalue weighted by Crippen LogP contribution is -2.43. The Labute approximate surface area is 74.1 Å². The third kappa shape index (κ3) is 2.83. The topological polar surface area (TPSA) is 41.1 Å². The van der Waals surface area contributed by atoms with Gasteiger partial charge in [-0.1, -0.05) is 0 Å². The minimum absolute atomic E-state index is 0.0475. The molecule has 0 aliphatic carbocycles. The Hall–Kier alpha value is 0.160. The standard InChI is InChI=1S/C6H11IN2O/c7-6(10)9-5-2-1-3-8-4-5/h5,8H,1-4H2,(H,9,10). The van der Waals surface area contributed by atoms with Crippen molar-refractivity contribution < 1.29 is 4.79 Å². The lowest BCUT2D eigenvalue weighted by Gasteiger charge is -2.22. The van der Waals surface area contributed by atoms with Gasteiger partial charge in [0.25, 0.3) is 3.91 Å². The molecule has 3 nitrogen and oxygen atoms in total. The van der Waals surface area contributed by atoms with Gasteiger partial charge in [-0.2, -0.15) is 0 Å². The summed E-state index contributed by atoms with van der Waals surface area (Å²) in [4.78, 5) is 10.6. The number of nitrogens with one attached hydrogen (secondary N) is 2. The van der Waals surface area contributed by atoms with Gasteiger partial charge in [0.1, 0.15) is 0 Å². The highest BCUT2D eigenvalue weighted by Gasteiger charge is 2.12. The van der Waals surface area contributed by atoms with Crippen LogP contribution in [-0.2, 0) is 0 Å². The SMILES string of the molecule is O=C(I)NC1CCCNC1. The van der Waals surface area contributed by atoms with Crippen LogP contribution in [-0.4, -0.2) is 23.0 Å². The van der Waals surface area contributed by atoms with Crippen LogP contribution >= 0.6 is 22.6 Å². The zero-order valence-corrected chi connectivity index (χ0v) is 7.85. The predicted octanol–water partition coefficient (Wildman–Crippen LogP) is 0.883. The molecule has 0 aromatic carbocycles. The molecule has 1 aliphatic rings. The molecule has 1 unspecified atom stereocenters. The minimum atomic E-state index is 0.0475. The van der Waals surface area contributed by atoms with Crippen LogP contribution in [0.3, 0.4) is 0 Å². The Bertz CT molecular complexity index is 123. The summed E-state index contributed by atoms with van der Waals surface area (Å²) < 4.78 is 0.0475. The Kier molecular flexibility index (Phi) is 3.41. The summed E-state index contributed by atoms with van der Waals surface area (Å²) >= 11 is 1.77. The van der Waals surface area contributed by atoms with Crippen molar-refractivity contribution in [3.8, 4) is 0 Å². The first-order valence-electron chi connectivity index (χ1n) is 3.46. The van der Waals surface area contributed by atoms with Crippen molar-refractivity contribution >= 4 is 26.5 Å². The van der Waals surface area contributed by atoms with Crippen LogP contribution < -0.4 is 10.6 Å². The third-order valence-electron chi connectivity index (χ3n) is 1.61.